The molecule has 1 aliphatic heterocycles. The average molecular weight is 276 g/mol. The van der Waals surface area contributed by atoms with Crippen LogP contribution in [0.2, 0.25) is 0 Å². The van der Waals surface area contributed by atoms with Crippen LogP contribution in [-0.4, -0.2) is 49.4 Å². The lowest BCUT2D eigenvalue weighted by Gasteiger charge is -2.22. The van der Waals surface area contributed by atoms with E-state index in [1.165, 1.54) is 0 Å². The molecule has 1 aromatic carbocycles. The summed E-state index contributed by atoms with van der Waals surface area (Å²) >= 11 is 0. The zero-order valence-corrected chi connectivity index (χ0v) is 11.6. The molecule has 2 rings (SSSR count). The monoisotopic (exact) mass is 276 g/mol. The molecule has 6 nitrogen and oxygen atoms in total. The number of hydrogen-bond acceptors (Lipinski definition) is 4. The van der Waals surface area contributed by atoms with Crippen molar-refractivity contribution < 1.29 is 9.59 Å². The van der Waals surface area contributed by atoms with Crippen LogP contribution in [-0.2, 0) is 4.79 Å². The van der Waals surface area contributed by atoms with Crippen LogP contribution in [0.1, 0.15) is 16.8 Å². The molecule has 1 heterocycles. The van der Waals surface area contributed by atoms with Crippen LogP contribution in [0.5, 0.6) is 0 Å². The van der Waals surface area contributed by atoms with E-state index in [-0.39, 0.29) is 5.91 Å². The van der Waals surface area contributed by atoms with E-state index in [0.29, 0.717) is 23.8 Å². The van der Waals surface area contributed by atoms with Crippen molar-refractivity contribution in [3.8, 4) is 0 Å². The second-order valence-electron chi connectivity index (χ2n) is 5.05. The molecule has 1 saturated heterocycles. The summed E-state index contributed by atoms with van der Waals surface area (Å²) < 4.78 is 0. The van der Waals surface area contributed by atoms with E-state index < -0.39 is 5.91 Å². The Kier molecular flexibility index (Phi) is 4.70. The van der Waals surface area contributed by atoms with Gasteiger partial charge in [0.25, 0.3) is 0 Å². The molecule has 1 fully saturated rings. The fraction of sp³-hybridized carbons (Fsp3) is 0.429. The zero-order chi connectivity index (χ0) is 14.5. The van der Waals surface area contributed by atoms with Gasteiger partial charge in [0.15, 0.2) is 0 Å². The van der Waals surface area contributed by atoms with Gasteiger partial charge in [0.1, 0.15) is 0 Å². The topological polar surface area (TPSA) is 87.5 Å². The number of benzene rings is 1. The Labute approximate surface area is 118 Å². The Bertz CT molecular complexity index is 480. The summed E-state index contributed by atoms with van der Waals surface area (Å²) in [4.78, 5) is 24.9. The summed E-state index contributed by atoms with van der Waals surface area (Å²) in [5.41, 5.74) is 6.25. The first kappa shape index (κ1) is 14.5. The van der Waals surface area contributed by atoms with E-state index in [1.807, 2.05) is 11.9 Å². The molecule has 20 heavy (non-hydrogen) atoms. The molecule has 4 N–H and O–H groups in total. The van der Waals surface area contributed by atoms with Gasteiger partial charge >= 0.3 is 0 Å². The summed E-state index contributed by atoms with van der Waals surface area (Å²) in [6, 6.07) is 6.97. The Morgan fingerprint density at radius 3 is 2.65 bits per heavy atom. The molecule has 1 atom stereocenters. The average Bonchev–Trinajstić information content (AvgIpc) is 2.93. The first-order valence-electron chi connectivity index (χ1n) is 6.67. The third kappa shape index (κ3) is 3.79. The van der Waals surface area contributed by atoms with Gasteiger partial charge in [-0.2, -0.15) is 0 Å². The summed E-state index contributed by atoms with van der Waals surface area (Å²) in [5.74, 6) is -0.539. The number of rotatable bonds is 5. The molecule has 108 valence electrons. The molecule has 1 unspecified atom stereocenters. The lowest BCUT2D eigenvalue weighted by molar-refractivity contribution is -0.117. The molecule has 6 heteroatoms. The Hall–Kier alpha value is -1.92. The molecule has 2 amide bonds. The maximum atomic E-state index is 11.9. The Balaban J connectivity index is 1.85. The minimum Gasteiger partial charge on any atom is -0.366 e. The van der Waals surface area contributed by atoms with Crippen molar-refractivity contribution >= 4 is 17.5 Å². The predicted octanol–water partition coefficient (Wildman–Crippen LogP) is 0.0177. The SMILES string of the molecule is CN(CC(=O)Nc1ccc(C(N)=O)cc1)C1CCNC1. The van der Waals surface area contributed by atoms with Crippen molar-refractivity contribution in [3.63, 3.8) is 0 Å². The number of carbonyl (C=O) groups excluding carboxylic acids is 2. The van der Waals surface area contributed by atoms with Crippen LogP contribution in [0.25, 0.3) is 0 Å². The van der Waals surface area contributed by atoms with Crippen molar-refractivity contribution in [2.75, 3.05) is 32.0 Å². The highest BCUT2D eigenvalue weighted by atomic mass is 16.2. The molecule has 1 aromatic rings. The van der Waals surface area contributed by atoms with Gasteiger partial charge in [-0.3, -0.25) is 14.5 Å². The van der Waals surface area contributed by atoms with Gasteiger partial charge in [-0.05, 0) is 44.3 Å². The molecular weight excluding hydrogens is 256 g/mol. The molecule has 0 bridgehead atoms. The summed E-state index contributed by atoms with van der Waals surface area (Å²) in [6.45, 7) is 2.28. The van der Waals surface area contributed by atoms with E-state index >= 15 is 0 Å². The number of likely N-dealkylation sites (N-methyl/N-ethyl adjacent to an activating group) is 1. The quantitative estimate of drug-likeness (QED) is 0.707. The fourth-order valence-corrected chi connectivity index (χ4v) is 2.29. The van der Waals surface area contributed by atoms with Gasteiger partial charge in [-0.25, -0.2) is 0 Å². The molecule has 0 spiro atoms. The van der Waals surface area contributed by atoms with Crippen LogP contribution in [0, 0.1) is 0 Å². The van der Waals surface area contributed by atoms with E-state index in [2.05, 4.69) is 10.6 Å². The summed E-state index contributed by atoms with van der Waals surface area (Å²) in [7, 11) is 1.95. The third-order valence-electron chi connectivity index (χ3n) is 3.50. The number of primary amides is 1. The Morgan fingerprint density at radius 1 is 1.40 bits per heavy atom. The van der Waals surface area contributed by atoms with E-state index in [9.17, 15) is 9.59 Å². The number of nitrogens with one attached hydrogen (secondary N) is 2. The molecule has 0 radical (unpaired) electrons. The number of anilines is 1. The number of carbonyl (C=O) groups is 2. The lowest BCUT2D eigenvalue weighted by Crippen LogP contribution is -2.39. The molecule has 0 aromatic heterocycles. The van der Waals surface area contributed by atoms with Crippen LogP contribution in [0.15, 0.2) is 24.3 Å². The lowest BCUT2D eigenvalue weighted by atomic mass is 10.2. The number of hydrogen-bond donors (Lipinski definition) is 3. The van der Waals surface area contributed by atoms with Gasteiger partial charge in [-0.1, -0.05) is 0 Å². The molecule has 0 aliphatic carbocycles. The predicted molar refractivity (Wildman–Crippen MR) is 77.5 cm³/mol. The largest absolute Gasteiger partial charge is 0.366 e. The number of nitrogens with zero attached hydrogens (tertiary/aromatic N) is 1. The first-order chi connectivity index (χ1) is 9.56. The minimum absolute atomic E-state index is 0.0637. The Morgan fingerprint density at radius 2 is 2.10 bits per heavy atom. The highest BCUT2D eigenvalue weighted by molar-refractivity contribution is 5.95. The van der Waals surface area contributed by atoms with E-state index in [1.54, 1.807) is 24.3 Å². The van der Waals surface area contributed by atoms with Crippen molar-refractivity contribution in [1.82, 2.24) is 10.2 Å². The second-order valence-corrected chi connectivity index (χ2v) is 5.05. The van der Waals surface area contributed by atoms with Crippen LogP contribution in [0.4, 0.5) is 5.69 Å². The van der Waals surface area contributed by atoms with E-state index in [4.69, 9.17) is 5.73 Å². The van der Waals surface area contributed by atoms with Gasteiger partial charge in [0, 0.05) is 23.8 Å². The van der Waals surface area contributed by atoms with Crippen LogP contribution >= 0.6 is 0 Å². The zero-order valence-electron chi connectivity index (χ0n) is 11.6. The summed E-state index contributed by atoms with van der Waals surface area (Å²) in [5, 5.41) is 6.09. The van der Waals surface area contributed by atoms with Gasteiger partial charge in [0.05, 0.1) is 6.54 Å². The van der Waals surface area contributed by atoms with Gasteiger partial charge < -0.3 is 16.4 Å². The highest BCUT2D eigenvalue weighted by Crippen LogP contribution is 2.10. The van der Waals surface area contributed by atoms with Crippen molar-refractivity contribution in [1.29, 1.82) is 0 Å². The van der Waals surface area contributed by atoms with Crippen molar-refractivity contribution in [2.45, 2.75) is 12.5 Å². The fourth-order valence-electron chi connectivity index (χ4n) is 2.29. The normalized spacial score (nSPS) is 18.2. The first-order valence-corrected chi connectivity index (χ1v) is 6.67. The summed E-state index contributed by atoms with van der Waals surface area (Å²) in [6.07, 6.45) is 1.07. The minimum atomic E-state index is -0.476. The second kappa shape index (κ2) is 6.49. The van der Waals surface area contributed by atoms with Crippen LogP contribution < -0.4 is 16.4 Å². The standard InChI is InChI=1S/C14H20N4O2/c1-18(12-6-7-16-8-12)9-13(19)17-11-4-2-10(3-5-11)14(15)20/h2-5,12,16H,6-9H2,1H3,(H2,15,20)(H,17,19). The maximum absolute atomic E-state index is 11.9. The van der Waals surface area contributed by atoms with Gasteiger partial charge in [0.2, 0.25) is 11.8 Å². The maximum Gasteiger partial charge on any atom is 0.248 e. The van der Waals surface area contributed by atoms with Crippen molar-refractivity contribution in [3.05, 3.63) is 29.8 Å². The molecule has 0 saturated carbocycles. The molecular formula is C14H20N4O2. The van der Waals surface area contributed by atoms with Gasteiger partial charge in [-0.15, -0.1) is 0 Å². The number of amides is 2. The smallest absolute Gasteiger partial charge is 0.248 e. The third-order valence-corrected chi connectivity index (χ3v) is 3.50. The van der Waals surface area contributed by atoms with E-state index in [0.717, 1.165) is 19.5 Å². The number of nitrogens with two attached hydrogens (primary N) is 1. The van der Waals surface area contributed by atoms with Crippen LogP contribution in [0.3, 0.4) is 0 Å². The highest BCUT2D eigenvalue weighted by Gasteiger charge is 2.20. The molecule has 1 aliphatic rings. The van der Waals surface area contributed by atoms with Crippen molar-refractivity contribution in [2.24, 2.45) is 5.73 Å².